The second-order valence-electron chi connectivity index (χ2n) is 4.63. The number of rotatable bonds is 6. The highest BCUT2D eigenvalue weighted by molar-refractivity contribution is 5.00. The summed E-state index contributed by atoms with van der Waals surface area (Å²) in [6, 6.07) is 2.48. The molecular weight excluding hydrogens is 228 g/mol. The molecule has 6 heteroatoms. The van der Waals surface area contributed by atoms with Crippen molar-refractivity contribution in [2.24, 2.45) is 7.05 Å². The van der Waals surface area contributed by atoms with Gasteiger partial charge in [0.1, 0.15) is 12.2 Å². The van der Waals surface area contributed by atoms with E-state index in [1.165, 1.54) is 5.69 Å². The van der Waals surface area contributed by atoms with E-state index in [0.29, 0.717) is 6.04 Å². The van der Waals surface area contributed by atoms with E-state index in [9.17, 15) is 0 Å². The van der Waals surface area contributed by atoms with Crippen LogP contribution in [0, 0.1) is 0 Å². The summed E-state index contributed by atoms with van der Waals surface area (Å²) in [6.07, 6.45) is 4.34. The monoisotopic (exact) mass is 248 g/mol. The van der Waals surface area contributed by atoms with E-state index in [0.717, 1.165) is 25.3 Å². The summed E-state index contributed by atoms with van der Waals surface area (Å²) in [7, 11) is 1.96. The van der Waals surface area contributed by atoms with Gasteiger partial charge in [-0.15, -0.1) is 0 Å². The number of aromatic nitrogens is 5. The molecule has 0 aliphatic carbocycles. The van der Waals surface area contributed by atoms with Crippen LogP contribution < -0.4 is 5.32 Å². The van der Waals surface area contributed by atoms with Gasteiger partial charge >= 0.3 is 0 Å². The van der Waals surface area contributed by atoms with Gasteiger partial charge in [0.25, 0.3) is 0 Å². The van der Waals surface area contributed by atoms with Crippen molar-refractivity contribution < 1.29 is 0 Å². The maximum atomic E-state index is 4.28. The molecule has 2 aromatic heterocycles. The summed E-state index contributed by atoms with van der Waals surface area (Å²) in [5.41, 5.74) is 1.20. The maximum Gasteiger partial charge on any atom is 0.140 e. The van der Waals surface area contributed by atoms with Gasteiger partial charge < -0.3 is 5.32 Å². The van der Waals surface area contributed by atoms with E-state index in [1.54, 1.807) is 6.33 Å². The van der Waals surface area contributed by atoms with Gasteiger partial charge in [0, 0.05) is 37.9 Å². The van der Waals surface area contributed by atoms with Crippen molar-refractivity contribution in [3.63, 3.8) is 0 Å². The zero-order valence-electron chi connectivity index (χ0n) is 11.2. The lowest BCUT2D eigenvalue weighted by atomic mass is 10.3. The highest BCUT2D eigenvalue weighted by Gasteiger charge is 2.06. The molecular formula is C12H20N6. The number of hydrogen-bond acceptors (Lipinski definition) is 4. The summed E-state index contributed by atoms with van der Waals surface area (Å²) in [4.78, 5) is 4.28. The van der Waals surface area contributed by atoms with Crippen LogP contribution in [0.25, 0.3) is 0 Å². The average molecular weight is 248 g/mol. The Morgan fingerprint density at radius 2 is 2.17 bits per heavy atom. The molecule has 2 heterocycles. The van der Waals surface area contributed by atoms with Crippen molar-refractivity contribution in [1.82, 2.24) is 29.9 Å². The summed E-state index contributed by atoms with van der Waals surface area (Å²) in [5.74, 6) is 0.978. The number of hydrogen-bond donors (Lipinski definition) is 1. The Morgan fingerprint density at radius 3 is 2.83 bits per heavy atom. The van der Waals surface area contributed by atoms with Crippen LogP contribution in [-0.2, 0) is 26.6 Å². The van der Waals surface area contributed by atoms with Gasteiger partial charge in [-0.25, -0.2) is 9.67 Å². The van der Waals surface area contributed by atoms with Crippen LogP contribution in [0.15, 0.2) is 18.6 Å². The molecule has 0 spiro atoms. The third-order valence-corrected chi connectivity index (χ3v) is 2.87. The van der Waals surface area contributed by atoms with E-state index in [1.807, 2.05) is 28.7 Å². The molecule has 0 radical (unpaired) electrons. The Morgan fingerprint density at radius 1 is 1.33 bits per heavy atom. The highest BCUT2D eigenvalue weighted by Crippen LogP contribution is 2.02. The number of aryl methyl sites for hydroxylation is 3. The molecule has 0 bridgehead atoms. The first-order valence-electron chi connectivity index (χ1n) is 6.23. The summed E-state index contributed by atoms with van der Waals surface area (Å²) >= 11 is 0. The SMILES string of the molecule is CC(C)NCc1ncnn1CCc1ccnn1C. The molecule has 0 aliphatic heterocycles. The van der Waals surface area contributed by atoms with Crippen LogP contribution >= 0.6 is 0 Å². The second kappa shape index (κ2) is 5.77. The molecule has 1 N–H and O–H groups in total. The van der Waals surface area contributed by atoms with Gasteiger partial charge in [-0.1, -0.05) is 13.8 Å². The van der Waals surface area contributed by atoms with Gasteiger partial charge in [0.05, 0.1) is 6.54 Å². The van der Waals surface area contributed by atoms with Gasteiger partial charge in [-0.3, -0.25) is 4.68 Å². The van der Waals surface area contributed by atoms with E-state index < -0.39 is 0 Å². The molecule has 6 nitrogen and oxygen atoms in total. The Kier molecular flexibility index (Phi) is 4.09. The van der Waals surface area contributed by atoms with Crippen LogP contribution in [0.3, 0.4) is 0 Å². The fraction of sp³-hybridized carbons (Fsp3) is 0.583. The first-order valence-corrected chi connectivity index (χ1v) is 6.23. The lowest BCUT2D eigenvalue weighted by molar-refractivity contribution is 0.513. The summed E-state index contributed by atoms with van der Waals surface area (Å²) in [5, 5.41) is 11.8. The Bertz CT molecular complexity index is 484. The topological polar surface area (TPSA) is 60.6 Å². The fourth-order valence-electron chi connectivity index (χ4n) is 1.77. The molecule has 0 amide bonds. The first-order chi connectivity index (χ1) is 8.66. The van der Waals surface area contributed by atoms with Crippen LogP contribution in [0.2, 0.25) is 0 Å². The fourth-order valence-corrected chi connectivity index (χ4v) is 1.77. The molecule has 2 aromatic rings. The molecule has 0 atom stereocenters. The summed E-state index contributed by atoms with van der Waals surface area (Å²) < 4.78 is 3.84. The van der Waals surface area contributed by atoms with E-state index in [2.05, 4.69) is 34.3 Å². The maximum absolute atomic E-state index is 4.28. The molecule has 0 saturated carbocycles. The van der Waals surface area contributed by atoms with Crippen molar-refractivity contribution in [2.45, 2.75) is 39.4 Å². The highest BCUT2D eigenvalue weighted by atomic mass is 15.3. The predicted molar refractivity (Wildman–Crippen MR) is 68.9 cm³/mol. The van der Waals surface area contributed by atoms with Gasteiger partial charge in [0.15, 0.2) is 0 Å². The molecule has 98 valence electrons. The van der Waals surface area contributed by atoms with Gasteiger partial charge in [-0.2, -0.15) is 10.2 Å². The smallest absolute Gasteiger partial charge is 0.140 e. The van der Waals surface area contributed by atoms with E-state index in [-0.39, 0.29) is 0 Å². The molecule has 0 aromatic carbocycles. The first kappa shape index (κ1) is 12.8. The van der Waals surface area contributed by atoms with Crippen molar-refractivity contribution in [1.29, 1.82) is 0 Å². The van der Waals surface area contributed by atoms with Gasteiger partial charge in [-0.05, 0) is 6.07 Å². The van der Waals surface area contributed by atoms with Crippen LogP contribution in [0.4, 0.5) is 0 Å². The molecule has 18 heavy (non-hydrogen) atoms. The normalized spacial score (nSPS) is 11.3. The van der Waals surface area contributed by atoms with Crippen molar-refractivity contribution in [2.75, 3.05) is 0 Å². The van der Waals surface area contributed by atoms with Gasteiger partial charge in [0.2, 0.25) is 0 Å². The molecule has 0 saturated heterocycles. The Hall–Kier alpha value is -1.69. The van der Waals surface area contributed by atoms with Crippen molar-refractivity contribution >= 4 is 0 Å². The number of nitrogens with zero attached hydrogens (tertiary/aromatic N) is 5. The average Bonchev–Trinajstić information content (AvgIpc) is 2.92. The van der Waals surface area contributed by atoms with E-state index >= 15 is 0 Å². The van der Waals surface area contributed by atoms with Crippen molar-refractivity contribution in [3.05, 3.63) is 30.1 Å². The van der Waals surface area contributed by atoms with Crippen LogP contribution in [0.5, 0.6) is 0 Å². The standard InChI is InChI=1S/C12H20N6/c1-10(2)13-8-12-14-9-16-18(12)7-5-11-4-6-15-17(11)3/h4,6,9-10,13H,5,7-8H2,1-3H3. The third kappa shape index (κ3) is 3.16. The predicted octanol–water partition coefficient (Wildman–Crippen LogP) is 0.752. The minimum Gasteiger partial charge on any atom is -0.308 e. The quantitative estimate of drug-likeness (QED) is 0.819. The van der Waals surface area contributed by atoms with Crippen LogP contribution in [0.1, 0.15) is 25.4 Å². The largest absolute Gasteiger partial charge is 0.308 e. The summed E-state index contributed by atoms with van der Waals surface area (Å²) in [6.45, 7) is 5.82. The molecule has 0 aliphatic rings. The second-order valence-corrected chi connectivity index (χ2v) is 4.63. The van der Waals surface area contributed by atoms with E-state index in [4.69, 9.17) is 0 Å². The Labute approximate surface area is 107 Å². The zero-order chi connectivity index (χ0) is 13.0. The third-order valence-electron chi connectivity index (χ3n) is 2.87. The molecule has 0 unspecified atom stereocenters. The van der Waals surface area contributed by atoms with Crippen LogP contribution in [-0.4, -0.2) is 30.6 Å². The van der Waals surface area contributed by atoms with Crippen molar-refractivity contribution in [3.8, 4) is 0 Å². The lowest BCUT2D eigenvalue weighted by Gasteiger charge is -2.09. The zero-order valence-corrected chi connectivity index (χ0v) is 11.2. The molecule has 2 rings (SSSR count). The Balaban J connectivity index is 1.93. The minimum absolute atomic E-state index is 0.451. The minimum atomic E-state index is 0.451. The molecule has 0 fully saturated rings. The number of nitrogens with one attached hydrogen (secondary N) is 1. The lowest BCUT2D eigenvalue weighted by Crippen LogP contribution is -2.24.